The van der Waals surface area contributed by atoms with Crippen LogP contribution in [0.2, 0.25) is 0 Å². The third kappa shape index (κ3) is 6.99. The number of hydrogen-bond donors (Lipinski definition) is 1. The zero-order valence-electron chi connectivity index (χ0n) is 13.8. The topological polar surface area (TPSA) is 60.0 Å². The molecule has 25 heavy (non-hydrogen) atoms. The van der Waals surface area contributed by atoms with Gasteiger partial charge in [0.1, 0.15) is 5.75 Å². The second-order valence-corrected chi connectivity index (χ2v) is 8.18. The van der Waals surface area contributed by atoms with Gasteiger partial charge in [-0.15, -0.1) is 5.10 Å². The van der Waals surface area contributed by atoms with Gasteiger partial charge in [0.15, 0.2) is 5.17 Å². The maximum atomic E-state index is 5.92. The highest BCUT2D eigenvalue weighted by Gasteiger charge is 2.08. The fraction of sp³-hybridized carbons (Fsp3) is 0.222. The van der Waals surface area contributed by atoms with Crippen molar-refractivity contribution in [2.24, 2.45) is 15.9 Å². The molecule has 0 saturated carbocycles. The van der Waals surface area contributed by atoms with E-state index in [1.807, 2.05) is 30.3 Å². The Morgan fingerprint density at radius 1 is 1.32 bits per heavy atom. The van der Waals surface area contributed by atoms with E-state index in [4.69, 9.17) is 10.5 Å². The number of nitrogens with zero attached hydrogens (tertiary/aromatic N) is 2. The van der Waals surface area contributed by atoms with Gasteiger partial charge in [0.25, 0.3) is 0 Å². The molecular weight excluding hydrogens is 513 g/mol. The summed E-state index contributed by atoms with van der Waals surface area (Å²) in [4.78, 5) is 0. The maximum absolute atomic E-state index is 5.92. The first-order chi connectivity index (χ1) is 12.1. The van der Waals surface area contributed by atoms with Gasteiger partial charge >= 0.3 is 0 Å². The summed E-state index contributed by atoms with van der Waals surface area (Å²) >= 11 is 7.22. The van der Waals surface area contributed by atoms with Gasteiger partial charge in [0, 0.05) is 15.8 Å². The molecule has 0 heterocycles. The molecule has 0 aliphatic rings. The number of halogens is 2. The van der Waals surface area contributed by atoms with Crippen LogP contribution in [0.25, 0.3) is 0 Å². The van der Waals surface area contributed by atoms with E-state index >= 15 is 0 Å². The van der Waals surface area contributed by atoms with Crippen LogP contribution in [0.5, 0.6) is 5.75 Å². The van der Waals surface area contributed by atoms with Crippen LogP contribution in [0.1, 0.15) is 24.5 Å². The molecule has 0 spiro atoms. The van der Waals surface area contributed by atoms with Crippen LogP contribution < -0.4 is 10.5 Å². The van der Waals surface area contributed by atoms with Crippen molar-refractivity contribution in [3.05, 3.63) is 61.6 Å². The number of thioether (sulfide) groups is 1. The van der Waals surface area contributed by atoms with Crippen molar-refractivity contribution in [1.29, 1.82) is 0 Å². The molecule has 2 rings (SSSR count). The summed E-state index contributed by atoms with van der Waals surface area (Å²) in [5.74, 6) is 1.59. The van der Waals surface area contributed by atoms with E-state index in [0.29, 0.717) is 11.8 Å². The average Bonchev–Trinajstić information content (AvgIpc) is 2.60. The fourth-order valence-electron chi connectivity index (χ4n) is 1.94. The zero-order valence-corrected chi connectivity index (χ0v) is 18.3. The standard InChI is InChI=1S/C18H19BrIN3OS/c1-2-8-24-17-14(9-15(19)10-16(17)20)11-22-23-18(21)25-12-13-6-4-3-5-7-13/h3-7,9-11H,2,8,12H2,1H3,(H2,21,23). The van der Waals surface area contributed by atoms with Crippen LogP contribution in [0.3, 0.4) is 0 Å². The average molecular weight is 532 g/mol. The second kappa shape index (κ2) is 10.8. The zero-order chi connectivity index (χ0) is 18.1. The molecule has 0 fully saturated rings. The monoisotopic (exact) mass is 531 g/mol. The number of hydrogen-bond acceptors (Lipinski definition) is 4. The quantitative estimate of drug-likeness (QED) is 0.224. The van der Waals surface area contributed by atoms with E-state index in [2.05, 4.69) is 67.8 Å². The summed E-state index contributed by atoms with van der Waals surface area (Å²) in [7, 11) is 0. The van der Waals surface area contributed by atoms with Gasteiger partial charge in [-0.25, -0.2) is 0 Å². The summed E-state index contributed by atoms with van der Waals surface area (Å²) in [6.45, 7) is 2.74. The predicted molar refractivity (Wildman–Crippen MR) is 120 cm³/mol. The summed E-state index contributed by atoms with van der Waals surface area (Å²) in [5.41, 5.74) is 7.99. The molecule has 0 atom stereocenters. The molecule has 0 aliphatic carbocycles. The Bertz CT molecular complexity index is 753. The van der Waals surface area contributed by atoms with Crippen LogP contribution >= 0.6 is 50.3 Å². The van der Waals surface area contributed by atoms with E-state index < -0.39 is 0 Å². The Morgan fingerprint density at radius 2 is 2.08 bits per heavy atom. The number of ether oxygens (including phenoxy) is 1. The van der Waals surface area contributed by atoms with Crippen molar-refractivity contribution >= 4 is 61.7 Å². The van der Waals surface area contributed by atoms with Gasteiger partial charge in [0.2, 0.25) is 0 Å². The van der Waals surface area contributed by atoms with Gasteiger partial charge < -0.3 is 10.5 Å². The van der Waals surface area contributed by atoms with Crippen LogP contribution in [0.15, 0.2) is 57.1 Å². The van der Waals surface area contributed by atoms with E-state index in [9.17, 15) is 0 Å². The van der Waals surface area contributed by atoms with Crippen molar-refractivity contribution in [3.8, 4) is 5.75 Å². The minimum absolute atomic E-state index is 0.431. The summed E-state index contributed by atoms with van der Waals surface area (Å²) in [6.07, 6.45) is 2.62. The first-order valence-corrected chi connectivity index (χ1v) is 10.6. The van der Waals surface area contributed by atoms with Gasteiger partial charge in [-0.05, 0) is 46.7 Å². The predicted octanol–water partition coefficient (Wildman–Crippen LogP) is 5.42. The Labute approximate surface area is 174 Å². The Hall–Kier alpha value is -1.06. The molecule has 7 heteroatoms. The molecule has 0 aromatic heterocycles. The second-order valence-electron chi connectivity index (χ2n) is 5.11. The number of amidine groups is 1. The SMILES string of the molecule is CCCOc1c(I)cc(Br)cc1C=NN=C(N)SCc1ccccc1. The van der Waals surface area contributed by atoms with E-state index in [1.54, 1.807) is 6.21 Å². The van der Waals surface area contributed by atoms with Crippen molar-refractivity contribution in [2.45, 2.75) is 19.1 Å². The van der Waals surface area contributed by atoms with E-state index in [-0.39, 0.29) is 0 Å². The molecule has 0 saturated heterocycles. The number of nitrogens with two attached hydrogens (primary N) is 1. The van der Waals surface area contributed by atoms with Gasteiger partial charge in [-0.2, -0.15) is 5.10 Å². The lowest BCUT2D eigenvalue weighted by molar-refractivity contribution is 0.315. The summed E-state index contributed by atoms with van der Waals surface area (Å²) in [6, 6.07) is 14.1. The first-order valence-electron chi connectivity index (χ1n) is 7.75. The molecule has 132 valence electrons. The highest BCUT2D eigenvalue weighted by Crippen LogP contribution is 2.29. The summed E-state index contributed by atoms with van der Waals surface area (Å²) < 4.78 is 7.83. The smallest absolute Gasteiger partial charge is 0.180 e. The van der Waals surface area contributed by atoms with Crippen molar-refractivity contribution in [1.82, 2.24) is 0 Å². The van der Waals surface area contributed by atoms with Crippen LogP contribution in [-0.4, -0.2) is 18.0 Å². The molecule has 2 aromatic carbocycles. The maximum Gasteiger partial charge on any atom is 0.180 e. The van der Waals surface area contributed by atoms with Gasteiger partial charge in [0.05, 0.1) is 16.4 Å². The lowest BCUT2D eigenvalue weighted by atomic mass is 10.2. The lowest BCUT2D eigenvalue weighted by Crippen LogP contribution is -2.06. The van der Waals surface area contributed by atoms with E-state index in [1.165, 1.54) is 17.3 Å². The van der Waals surface area contributed by atoms with Gasteiger partial charge in [-0.1, -0.05) is 64.9 Å². The molecule has 0 bridgehead atoms. The lowest BCUT2D eigenvalue weighted by Gasteiger charge is -2.10. The Morgan fingerprint density at radius 3 is 2.80 bits per heavy atom. The molecule has 0 radical (unpaired) electrons. The van der Waals surface area contributed by atoms with Crippen LogP contribution in [0.4, 0.5) is 0 Å². The van der Waals surface area contributed by atoms with Crippen molar-refractivity contribution in [3.63, 3.8) is 0 Å². The highest BCUT2D eigenvalue weighted by molar-refractivity contribution is 14.1. The van der Waals surface area contributed by atoms with Crippen molar-refractivity contribution < 1.29 is 4.74 Å². The highest BCUT2D eigenvalue weighted by atomic mass is 127. The fourth-order valence-corrected chi connectivity index (χ4v) is 4.26. The molecule has 2 aromatic rings. The van der Waals surface area contributed by atoms with Crippen LogP contribution in [0, 0.1) is 3.57 Å². The summed E-state index contributed by atoms with van der Waals surface area (Å²) in [5, 5.41) is 8.62. The molecule has 0 unspecified atom stereocenters. The third-order valence-electron chi connectivity index (χ3n) is 3.07. The van der Waals surface area contributed by atoms with E-state index in [0.717, 1.165) is 31.5 Å². The largest absolute Gasteiger partial charge is 0.492 e. The van der Waals surface area contributed by atoms with Crippen molar-refractivity contribution in [2.75, 3.05) is 6.61 Å². The van der Waals surface area contributed by atoms with Gasteiger partial charge in [-0.3, -0.25) is 0 Å². The normalized spacial score (nSPS) is 11.9. The molecule has 0 amide bonds. The first kappa shape index (κ1) is 20.3. The third-order valence-corrected chi connectivity index (χ3v) is 5.18. The number of rotatable bonds is 7. The minimum atomic E-state index is 0.431. The molecule has 4 nitrogen and oxygen atoms in total. The Balaban J connectivity index is 2.04. The Kier molecular flexibility index (Phi) is 8.77. The number of benzene rings is 2. The molecule has 2 N–H and O–H groups in total. The molecular formula is C18H19BrIN3OS. The molecule has 0 aliphatic heterocycles. The van der Waals surface area contributed by atoms with Crippen LogP contribution in [-0.2, 0) is 5.75 Å². The minimum Gasteiger partial charge on any atom is -0.492 e.